The number of carbonyl (C=O) groups is 1. The molecule has 1 fully saturated rings. The van der Waals surface area contributed by atoms with Crippen molar-refractivity contribution in [3.8, 4) is 45.4 Å². The van der Waals surface area contributed by atoms with Crippen molar-refractivity contribution in [2.45, 2.75) is 26.0 Å². The van der Waals surface area contributed by atoms with Gasteiger partial charge in [-0.05, 0) is 53.5 Å². The Kier molecular flexibility index (Phi) is 6.70. The molecule has 1 N–H and O–H groups in total. The van der Waals surface area contributed by atoms with Crippen molar-refractivity contribution in [2.75, 3.05) is 39.4 Å². The Morgan fingerprint density at radius 2 is 1.84 bits per heavy atom. The van der Waals surface area contributed by atoms with E-state index in [0.717, 1.165) is 11.1 Å². The summed E-state index contributed by atoms with van der Waals surface area (Å²) in [5, 5.41) is 7.52. The predicted octanol–water partition coefficient (Wildman–Crippen LogP) is 4.41. The Morgan fingerprint density at radius 3 is 2.46 bits per heavy atom. The molecule has 0 saturated carbocycles. The summed E-state index contributed by atoms with van der Waals surface area (Å²) in [7, 11) is 3.85. The number of aromatic amines is 1. The maximum Gasteiger partial charge on any atom is 0.272 e. The normalized spacial score (nSPS) is 17.9. The van der Waals surface area contributed by atoms with Crippen LogP contribution in [0, 0.1) is 0 Å². The summed E-state index contributed by atoms with van der Waals surface area (Å²) in [4.78, 5) is 15.4. The number of benzene rings is 2. The molecule has 2 aromatic carbocycles. The number of nitrogens with one attached hydrogen (secondary N) is 1. The molecule has 5 rings (SSSR count). The van der Waals surface area contributed by atoms with Crippen LogP contribution in [0.5, 0.6) is 23.0 Å². The second-order valence-corrected chi connectivity index (χ2v) is 11.9. The number of halogens is 1. The lowest BCUT2D eigenvalue weighted by Crippen LogP contribution is -2.56. The zero-order chi connectivity index (χ0) is 26.5. The maximum atomic E-state index is 13.6. The lowest BCUT2D eigenvalue weighted by molar-refractivity contribution is 0.0585. The lowest BCUT2D eigenvalue weighted by atomic mass is 9.94. The lowest BCUT2D eigenvalue weighted by Gasteiger charge is -2.41. The van der Waals surface area contributed by atoms with Gasteiger partial charge in [-0.2, -0.15) is 5.10 Å². The summed E-state index contributed by atoms with van der Waals surface area (Å²) in [5.74, 6) is 3.15. The molecule has 1 unspecified atom stereocenters. The number of amides is 1. The van der Waals surface area contributed by atoms with Crippen molar-refractivity contribution in [3.05, 3.63) is 40.0 Å². The molecule has 37 heavy (non-hydrogen) atoms. The molecule has 196 valence electrons. The molecule has 9 nitrogen and oxygen atoms in total. The van der Waals surface area contributed by atoms with Crippen molar-refractivity contribution in [1.82, 2.24) is 15.1 Å². The minimum absolute atomic E-state index is 0.152. The second-order valence-electron chi connectivity index (χ2n) is 9.52. The number of nitrogens with zero attached hydrogens (tertiary/aromatic N) is 2. The molecule has 1 amide bonds. The van der Waals surface area contributed by atoms with E-state index >= 15 is 0 Å². The van der Waals surface area contributed by atoms with Crippen LogP contribution in [0.25, 0.3) is 22.4 Å². The highest BCUT2D eigenvalue weighted by molar-refractivity contribution is 9.10. The number of methoxy groups -OCH3 is 3. The van der Waals surface area contributed by atoms with E-state index in [2.05, 4.69) is 26.1 Å². The smallest absolute Gasteiger partial charge is 0.272 e. The van der Waals surface area contributed by atoms with Gasteiger partial charge in [0.1, 0.15) is 41.0 Å². The Balaban J connectivity index is 1.63. The van der Waals surface area contributed by atoms with E-state index in [1.54, 1.807) is 32.3 Å². The average molecular weight is 590 g/mol. The molecule has 0 bridgehead atoms. The zero-order valence-electron chi connectivity index (χ0n) is 21.3. The first-order valence-electron chi connectivity index (χ1n) is 11.7. The standard InChI is InChI=1S/C26H28BrN3O6S/c1-26(2)13-37(32)7-6-30(26)25(31)22-18-12-36-23-17(21(18)28-29-22)11-19(27)24(35-5)20(23)14-8-15(33-3)10-16(9-14)34-4/h8-11H,6-7,12-13H2,1-5H3,(H,28,29). The summed E-state index contributed by atoms with van der Waals surface area (Å²) < 4.78 is 35.9. The van der Waals surface area contributed by atoms with E-state index in [1.165, 1.54) is 0 Å². The summed E-state index contributed by atoms with van der Waals surface area (Å²) in [5.41, 5.74) is 3.40. The van der Waals surface area contributed by atoms with Crippen LogP contribution in [0.1, 0.15) is 29.9 Å². The monoisotopic (exact) mass is 589 g/mol. The predicted molar refractivity (Wildman–Crippen MR) is 144 cm³/mol. The van der Waals surface area contributed by atoms with Gasteiger partial charge in [0.15, 0.2) is 0 Å². The number of aromatic nitrogens is 2. The van der Waals surface area contributed by atoms with Crippen LogP contribution < -0.4 is 18.9 Å². The van der Waals surface area contributed by atoms with Crippen molar-refractivity contribution in [1.29, 1.82) is 0 Å². The van der Waals surface area contributed by atoms with Gasteiger partial charge in [0, 0.05) is 51.6 Å². The maximum absolute atomic E-state index is 13.6. The van der Waals surface area contributed by atoms with Crippen LogP contribution in [-0.4, -0.2) is 70.1 Å². The molecular formula is C26H28BrN3O6S. The van der Waals surface area contributed by atoms with E-state index in [1.807, 2.05) is 32.0 Å². The number of rotatable bonds is 5. The Bertz CT molecular complexity index is 1400. The minimum atomic E-state index is -0.937. The van der Waals surface area contributed by atoms with E-state index in [9.17, 15) is 9.00 Å². The number of hydrogen-bond acceptors (Lipinski definition) is 7. The van der Waals surface area contributed by atoms with E-state index in [0.29, 0.717) is 68.0 Å². The summed E-state index contributed by atoms with van der Waals surface area (Å²) in [6, 6.07) is 7.44. The van der Waals surface area contributed by atoms with Crippen LogP contribution in [0.3, 0.4) is 0 Å². The number of carbonyl (C=O) groups excluding carboxylic acids is 1. The molecule has 0 spiro atoms. The fourth-order valence-corrected chi connectivity index (χ4v) is 7.02. The highest BCUT2D eigenvalue weighted by Crippen LogP contribution is 2.52. The quantitative estimate of drug-likeness (QED) is 0.470. The first-order valence-corrected chi connectivity index (χ1v) is 14.0. The molecule has 1 saturated heterocycles. The summed E-state index contributed by atoms with van der Waals surface area (Å²) >= 11 is 3.64. The molecule has 0 aliphatic carbocycles. The second kappa shape index (κ2) is 9.68. The van der Waals surface area contributed by atoms with E-state index < -0.39 is 16.3 Å². The molecule has 2 aliphatic rings. The van der Waals surface area contributed by atoms with Gasteiger partial charge in [-0.1, -0.05) is 0 Å². The SMILES string of the molecule is COc1cc(OC)cc(-c2c(OC)c(Br)cc3c2OCc2c-3n[nH]c2C(=O)N2CCS(=O)CC2(C)C)c1. The van der Waals surface area contributed by atoms with Gasteiger partial charge < -0.3 is 23.8 Å². The van der Waals surface area contributed by atoms with E-state index in [4.69, 9.17) is 18.9 Å². The van der Waals surface area contributed by atoms with Gasteiger partial charge >= 0.3 is 0 Å². The molecule has 0 radical (unpaired) electrons. The van der Waals surface area contributed by atoms with Crippen molar-refractivity contribution in [3.63, 3.8) is 0 Å². The van der Waals surface area contributed by atoms with Crippen molar-refractivity contribution < 1.29 is 28.0 Å². The molecule has 1 aromatic heterocycles. The van der Waals surface area contributed by atoms with E-state index in [-0.39, 0.29) is 12.5 Å². The third-order valence-electron chi connectivity index (χ3n) is 6.76. The Hall–Kier alpha value is -3.05. The fraction of sp³-hybridized carbons (Fsp3) is 0.385. The average Bonchev–Trinajstić information content (AvgIpc) is 3.31. The number of H-pyrrole nitrogens is 1. The summed E-state index contributed by atoms with van der Waals surface area (Å²) in [6.07, 6.45) is 0. The van der Waals surface area contributed by atoms with Crippen LogP contribution in [0.4, 0.5) is 0 Å². The van der Waals surface area contributed by atoms with Gasteiger partial charge in [0.25, 0.3) is 5.91 Å². The molecule has 1 atom stereocenters. The third kappa shape index (κ3) is 4.37. The number of hydrogen-bond donors (Lipinski definition) is 1. The first-order chi connectivity index (χ1) is 17.7. The first kappa shape index (κ1) is 25.6. The number of fused-ring (bicyclic) bond motifs is 3. The molecular weight excluding hydrogens is 562 g/mol. The van der Waals surface area contributed by atoms with Crippen LogP contribution in [-0.2, 0) is 17.4 Å². The van der Waals surface area contributed by atoms with Crippen molar-refractivity contribution in [2.24, 2.45) is 0 Å². The highest BCUT2D eigenvalue weighted by Gasteiger charge is 2.40. The summed E-state index contributed by atoms with van der Waals surface area (Å²) in [6.45, 7) is 4.45. The fourth-order valence-electron chi connectivity index (χ4n) is 4.96. The van der Waals surface area contributed by atoms with Crippen LogP contribution >= 0.6 is 15.9 Å². The largest absolute Gasteiger partial charge is 0.497 e. The molecule has 3 heterocycles. The van der Waals surface area contributed by atoms with Crippen molar-refractivity contribution >= 4 is 32.6 Å². The van der Waals surface area contributed by atoms with Gasteiger partial charge in [-0.15, -0.1) is 0 Å². The topological polar surface area (TPSA) is 103 Å². The Labute approximate surface area is 226 Å². The van der Waals surface area contributed by atoms with Crippen LogP contribution in [0.15, 0.2) is 28.7 Å². The molecule has 2 aliphatic heterocycles. The zero-order valence-corrected chi connectivity index (χ0v) is 23.7. The van der Waals surface area contributed by atoms with Gasteiger partial charge in [0.2, 0.25) is 0 Å². The number of ether oxygens (including phenoxy) is 4. The van der Waals surface area contributed by atoms with Gasteiger partial charge in [-0.3, -0.25) is 14.1 Å². The molecule has 11 heteroatoms. The minimum Gasteiger partial charge on any atom is -0.497 e. The Morgan fingerprint density at radius 1 is 1.14 bits per heavy atom. The van der Waals surface area contributed by atoms with Gasteiger partial charge in [-0.25, -0.2) is 0 Å². The highest BCUT2D eigenvalue weighted by atomic mass is 79.9. The van der Waals surface area contributed by atoms with Crippen LogP contribution in [0.2, 0.25) is 0 Å². The molecule has 3 aromatic rings. The third-order valence-corrected chi connectivity index (χ3v) is 9.02. The van der Waals surface area contributed by atoms with Gasteiger partial charge in [0.05, 0.1) is 31.4 Å².